The van der Waals surface area contributed by atoms with Gasteiger partial charge in [-0.1, -0.05) is 23.7 Å². The molecule has 220 valence electrons. The van der Waals surface area contributed by atoms with E-state index in [0.29, 0.717) is 57.1 Å². The first-order valence-corrected chi connectivity index (χ1v) is 15.5. The molecule has 2 heterocycles. The summed E-state index contributed by atoms with van der Waals surface area (Å²) in [5, 5.41) is 4.11. The predicted octanol–water partition coefficient (Wildman–Crippen LogP) is 6.46. The quantitative estimate of drug-likeness (QED) is 0.181. The minimum absolute atomic E-state index is 0.0433. The summed E-state index contributed by atoms with van der Waals surface area (Å²) < 4.78 is 68.9. The van der Waals surface area contributed by atoms with Crippen molar-refractivity contribution in [2.24, 2.45) is 0 Å². The van der Waals surface area contributed by atoms with Gasteiger partial charge in [0.05, 0.1) is 35.8 Å². The molecule has 0 spiro atoms. The Balaban J connectivity index is 1.35. The maximum atomic E-state index is 15.5. The summed E-state index contributed by atoms with van der Waals surface area (Å²) in [6.45, 7) is 0.370. The first-order chi connectivity index (χ1) is 20.1. The van der Waals surface area contributed by atoms with Crippen molar-refractivity contribution >= 4 is 43.8 Å². The van der Waals surface area contributed by atoms with Gasteiger partial charge in [0, 0.05) is 41.8 Å². The molecule has 1 aliphatic heterocycles. The highest BCUT2D eigenvalue weighted by Gasteiger charge is 2.38. The van der Waals surface area contributed by atoms with Crippen LogP contribution < -0.4 is 10.1 Å². The zero-order chi connectivity index (χ0) is 29.7. The molecule has 0 radical (unpaired) electrons. The van der Waals surface area contributed by atoms with Crippen LogP contribution in [-0.2, 0) is 31.5 Å². The number of rotatable bonds is 12. The second-order valence-electron chi connectivity index (χ2n) is 9.94. The van der Waals surface area contributed by atoms with Crippen molar-refractivity contribution in [3.8, 4) is 5.75 Å². The number of benzene rings is 3. The number of anilines is 2. The van der Waals surface area contributed by atoms with Gasteiger partial charge >= 0.3 is 0 Å². The fourth-order valence-electron chi connectivity index (χ4n) is 4.63. The summed E-state index contributed by atoms with van der Waals surface area (Å²) >= 11 is 6.47. The highest BCUT2D eigenvalue weighted by atomic mass is 35.5. The van der Waals surface area contributed by atoms with Crippen molar-refractivity contribution in [1.82, 2.24) is 9.97 Å². The third-order valence-corrected chi connectivity index (χ3v) is 7.98. The molecule has 1 N–H and O–H groups in total. The third-order valence-electron chi connectivity index (χ3n) is 6.78. The SMILES string of the molecule is CS(=O)(=O)CCOCCC1(c2cc3c(Nc4ccc(OCc5cccc(F)c5)c(Cl)c4)ncnc3cc2F)CC=CO1. The van der Waals surface area contributed by atoms with Crippen LogP contribution in [0.5, 0.6) is 5.75 Å². The number of hydrogen-bond donors (Lipinski definition) is 1. The van der Waals surface area contributed by atoms with Crippen LogP contribution >= 0.6 is 11.6 Å². The Kier molecular flexibility index (Phi) is 8.91. The fraction of sp³-hybridized carbons (Fsp3) is 0.267. The van der Waals surface area contributed by atoms with E-state index in [1.54, 1.807) is 42.5 Å². The van der Waals surface area contributed by atoms with Crippen LogP contribution in [0.1, 0.15) is 24.0 Å². The first kappa shape index (κ1) is 29.7. The maximum absolute atomic E-state index is 15.5. The highest BCUT2D eigenvalue weighted by molar-refractivity contribution is 7.90. The molecule has 0 amide bonds. The normalized spacial score (nSPS) is 16.5. The Morgan fingerprint density at radius 1 is 1.10 bits per heavy atom. The molecule has 1 aliphatic rings. The highest BCUT2D eigenvalue weighted by Crippen LogP contribution is 2.41. The molecule has 0 bridgehead atoms. The van der Waals surface area contributed by atoms with Crippen LogP contribution in [0.2, 0.25) is 5.02 Å². The average molecular weight is 616 g/mol. The second kappa shape index (κ2) is 12.6. The molecular weight excluding hydrogens is 588 g/mol. The molecular formula is C30H28ClF2N3O5S. The van der Waals surface area contributed by atoms with Gasteiger partial charge in [0.15, 0.2) is 0 Å². The maximum Gasteiger partial charge on any atom is 0.149 e. The van der Waals surface area contributed by atoms with E-state index < -0.39 is 21.3 Å². The number of hydrogen-bond acceptors (Lipinski definition) is 8. The van der Waals surface area contributed by atoms with E-state index in [2.05, 4.69) is 15.3 Å². The van der Waals surface area contributed by atoms with Gasteiger partial charge in [0.2, 0.25) is 0 Å². The molecule has 0 saturated carbocycles. The summed E-state index contributed by atoms with van der Waals surface area (Å²) in [5.74, 6) is -0.0811. The van der Waals surface area contributed by atoms with Crippen LogP contribution in [-0.4, -0.2) is 43.6 Å². The lowest BCUT2D eigenvalue weighted by molar-refractivity contribution is 0.000277. The Morgan fingerprint density at radius 2 is 1.95 bits per heavy atom. The number of halogens is 3. The van der Waals surface area contributed by atoms with Gasteiger partial charge in [-0.3, -0.25) is 0 Å². The first-order valence-electron chi connectivity index (χ1n) is 13.1. The molecule has 5 rings (SSSR count). The molecule has 0 aliphatic carbocycles. The molecule has 0 saturated heterocycles. The standard InChI is InChI=1S/C30H28ClF2N3O5S/c1-42(37,38)13-12-39-11-9-30(8-3-10-41-30)24-16-23-27(17-26(24)33)34-19-35-29(23)36-22-6-7-28(25(31)15-22)40-18-20-4-2-5-21(32)14-20/h2-7,10,14-17,19H,8-9,11-13,18H2,1H3,(H,34,35,36). The lowest BCUT2D eigenvalue weighted by Crippen LogP contribution is -2.28. The van der Waals surface area contributed by atoms with Crippen molar-refractivity contribution in [3.63, 3.8) is 0 Å². The molecule has 1 atom stereocenters. The molecule has 42 heavy (non-hydrogen) atoms. The Labute approximate surface area is 247 Å². The Bertz CT molecular complexity index is 1730. The third kappa shape index (κ3) is 7.15. The van der Waals surface area contributed by atoms with Crippen molar-refractivity contribution in [1.29, 1.82) is 0 Å². The van der Waals surface area contributed by atoms with Gasteiger partial charge in [-0.05, 0) is 48.0 Å². The average Bonchev–Trinajstić information content (AvgIpc) is 3.41. The van der Waals surface area contributed by atoms with Gasteiger partial charge in [0.25, 0.3) is 0 Å². The van der Waals surface area contributed by atoms with Crippen LogP contribution in [0.3, 0.4) is 0 Å². The second-order valence-corrected chi connectivity index (χ2v) is 12.6. The van der Waals surface area contributed by atoms with E-state index in [9.17, 15) is 12.8 Å². The summed E-state index contributed by atoms with van der Waals surface area (Å²) in [6, 6.07) is 14.2. The van der Waals surface area contributed by atoms with Crippen molar-refractivity contribution in [3.05, 3.63) is 101 Å². The van der Waals surface area contributed by atoms with Gasteiger partial charge < -0.3 is 19.5 Å². The largest absolute Gasteiger partial charge is 0.490 e. The van der Waals surface area contributed by atoms with Gasteiger partial charge in [-0.25, -0.2) is 27.2 Å². The number of nitrogens with zero attached hydrogens (tertiary/aromatic N) is 2. The lowest BCUT2D eigenvalue weighted by Gasteiger charge is -2.30. The van der Waals surface area contributed by atoms with Gasteiger partial charge in [-0.2, -0.15) is 0 Å². The summed E-state index contributed by atoms with van der Waals surface area (Å²) in [6.07, 6.45) is 6.52. The van der Waals surface area contributed by atoms with Crippen LogP contribution in [0.4, 0.5) is 20.3 Å². The summed E-state index contributed by atoms with van der Waals surface area (Å²) in [4.78, 5) is 8.61. The van der Waals surface area contributed by atoms with Crippen LogP contribution in [0.15, 0.2) is 73.3 Å². The van der Waals surface area contributed by atoms with Crippen molar-refractivity contribution in [2.45, 2.75) is 25.0 Å². The molecule has 1 unspecified atom stereocenters. The Morgan fingerprint density at radius 3 is 2.69 bits per heavy atom. The van der Waals surface area contributed by atoms with Crippen LogP contribution in [0, 0.1) is 11.6 Å². The van der Waals surface area contributed by atoms with E-state index in [0.717, 1.165) is 6.26 Å². The number of sulfone groups is 1. The molecule has 12 heteroatoms. The number of aromatic nitrogens is 2. The molecule has 4 aromatic rings. The van der Waals surface area contributed by atoms with E-state index in [1.807, 2.05) is 0 Å². The fourth-order valence-corrected chi connectivity index (χ4v) is 5.29. The number of ether oxygens (including phenoxy) is 3. The summed E-state index contributed by atoms with van der Waals surface area (Å²) in [7, 11) is -3.15. The van der Waals surface area contributed by atoms with Gasteiger partial charge in [0.1, 0.15) is 51.6 Å². The van der Waals surface area contributed by atoms with Crippen LogP contribution in [0.25, 0.3) is 10.9 Å². The molecule has 3 aromatic carbocycles. The monoisotopic (exact) mass is 615 g/mol. The van der Waals surface area contributed by atoms with E-state index in [4.69, 9.17) is 25.8 Å². The number of nitrogens with one attached hydrogen (secondary N) is 1. The topological polar surface area (TPSA) is 99.6 Å². The lowest BCUT2D eigenvalue weighted by atomic mass is 9.87. The molecule has 8 nitrogen and oxygen atoms in total. The Hall–Kier alpha value is -3.80. The van der Waals surface area contributed by atoms with Crippen molar-refractivity contribution < 1.29 is 31.4 Å². The molecule has 0 fully saturated rings. The van der Waals surface area contributed by atoms with E-state index >= 15 is 4.39 Å². The molecule has 1 aromatic heterocycles. The van der Waals surface area contributed by atoms with E-state index in [-0.39, 0.29) is 31.4 Å². The zero-order valence-electron chi connectivity index (χ0n) is 22.6. The van der Waals surface area contributed by atoms with Crippen molar-refractivity contribution in [2.75, 3.05) is 30.5 Å². The smallest absolute Gasteiger partial charge is 0.149 e. The zero-order valence-corrected chi connectivity index (χ0v) is 24.2. The number of fused-ring (bicyclic) bond motifs is 1. The van der Waals surface area contributed by atoms with E-state index in [1.165, 1.54) is 30.8 Å². The minimum Gasteiger partial charge on any atom is -0.490 e. The minimum atomic E-state index is -3.15. The van der Waals surface area contributed by atoms with Gasteiger partial charge in [-0.15, -0.1) is 0 Å². The predicted molar refractivity (Wildman–Crippen MR) is 157 cm³/mol. The summed E-state index contributed by atoms with van der Waals surface area (Å²) in [5.41, 5.74) is 0.949.